The van der Waals surface area contributed by atoms with Gasteiger partial charge in [-0.15, -0.1) is 0 Å². The Morgan fingerprint density at radius 2 is 1.53 bits per heavy atom. The molecule has 3 heteroatoms. The molecule has 1 aromatic heterocycles. The molecule has 2 aromatic rings. The van der Waals surface area contributed by atoms with Crippen LogP contribution in [0.15, 0.2) is 24.3 Å². The third-order valence-corrected chi connectivity index (χ3v) is 2.72. The third kappa shape index (κ3) is 2.73. The van der Waals surface area contributed by atoms with Gasteiger partial charge in [0.05, 0.1) is 11.4 Å². The number of hydrogen-bond donors (Lipinski definition) is 0. The van der Waals surface area contributed by atoms with Gasteiger partial charge in [-0.1, -0.05) is 13.8 Å². The van der Waals surface area contributed by atoms with E-state index in [-0.39, 0.29) is 5.82 Å². The van der Waals surface area contributed by atoms with E-state index in [1.54, 1.807) is 12.1 Å². The first-order valence-corrected chi connectivity index (χ1v) is 5.88. The van der Waals surface area contributed by atoms with Crippen molar-refractivity contribution in [3.63, 3.8) is 0 Å². The maximum absolute atomic E-state index is 12.8. The van der Waals surface area contributed by atoms with Crippen LogP contribution in [0.25, 0.3) is 5.69 Å². The molecule has 0 N–H and O–H groups in total. The van der Waals surface area contributed by atoms with Gasteiger partial charge in [-0.3, -0.25) is 0 Å². The van der Waals surface area contributed by atoms with Gasteiger partial charge in [-0.2, -0.15) is 5.10 Å². The fourth-order valence-electron chi connectivity index (χ4n) is 1.55. The molecule has 0 aliphatic heterocycles. The smallest absolute Gasteiger partial charge is 0.123 e. The molecule has 0 saturated carbocycles. The zero-order chi connectivity index (χ0) is 13.0. The van der Waals surface area contributed by atoms with Crippen LogP contribution in [0.2, 0.25) is 0 Å². The van der Waals surface area contributed by atoms with Crippen molar-refractivity contribution in [1.82, 2.24) is 9.78 Å². The highest BCUT2D eigenvalue weighted by atomic mass is 19.1. The van der Waals surface area contributed by atoms with Crippen LogP contribution >= 0.6 is 0 Å². The first kappa shape index (κ1) is 13.4. The van der Waals surface area contributed by atoms with Gasteiger partial charge in [-0.05, 0) is 50.6 Å². The Hall–Kier alpha value is -1.64. The van der Waals surface area contributed by atoms with Crippen molar-refractivity contribution in [2.24, 2.45) is 0 Å². The average molecular weight is 234 g/mol. The largest absolute Gasteiger partial charge is 0.238 e. The molecule has 0 amide bonds. The molecule has 0 atom stereocenters. The van der Waals surface area contributed by atoms with Crippen LogP contribution in [0.5, 0.6) is 0 Å². The summed E-state index contributed by atoms with van der Waals surface area (Å²) in [7, 11) is 0. The van der Waals surface area contributed by atoms with Crippen molar-refractivity contribution in [2.75, 3.05) is 0 Å². The molecule has 0 fully saturated rings. The van der Waals surface area contributed by atoms with Crippen LogP contribution in [0, 0.1) is 26.6 Å². The van der Waals surface area contributed by atoms with Gasteiger partial charge in [-0.25, -0.2) is 9.07 Å². The van der Waals surface area contributed by atoms with Gasteiger partial charge in [0.1, 0.15) is 5.82 Å². The minimum absolute atomic E-state index is 0.225. The Bertz CT molecular complexity index is 484. The van der Waals surface area contributed by atoms with E-state index >= 15 is 0 Å². The summed E-state index contributed by atoms with van der Waals surface area (Å²) in [5.74, 6) is -0.225. The fraction of sp³-hybridized carbons (Fsp3) is 0.357. The van der Waals surface area contributed by atoms with E-state index in [0.717, 1.165) is 17.1 Å². The number of rotatable bonds is 1. The highest BCUT2D eigenvalue weighted by Crippen LogP contribution is 2.16. The normalized spacial score (nSPS) is 9.76. The lowest BCUT2D eigenvalue weighted by Crippen LogP contribution is -1.98. The summed E-state index contributed by atoms with van der Waals surface area (Å²) in [6.45, 7) is 10.0. The van der Waals surface area contributed by atoms with E-state index in [0.29, 0.717) is 0 Å². The maximum Gasteiger partial charge on any atom is 0.123 e. The topological polar surface area (TPSA) is 17.8 Å². The molecular weight excluding hydrogens is 215 g/mol. The van der Waals surface area contributed by atoms with Gasteiger partial charge >= 0.3 is 0 Å². The van der Waals surface area contributed by atoms with E-state index in [4.69, 9.17) is 0 Å². The van der Waals surface area contributed by atoms with Crippen molar-refractivity contribution < 1.29 is 4.39 Å². The maximum atomic E-state index is 12.8. The molecule has 1 heterocycles. The zero-order valence-electron chi connectivity index (χ0n) is 11.1. The molecule has 0 unspecified atom stereocenters. The first-order valence-electron chi connectivity index (χ1n) is 5.88. The van der Waals surface area contributed by atoms with Crippen LogP contribution in [0.1, 0.15) is 30.8 Å². The fourth-order valence-corrected chi connectivity index (χ4v) is 1.55. The number of aryl methyl sites for hydroxylation is 1. The van der Waals surface area contributed by atoms with E-state index in [1.165, 1.54) is 17.7 Å². The number of benzene rings is 1. The van der Waals surface area contributed by atoms with Crippen LogP contribution in [0.4, 0.5) is 4.39 Å². The first-order chi connectivity index (χ1) is 8.09. The summed E-state index contributed by atoms with van der Waals surface area (Å²) in [5.41, 5.74) is 4.18. The molecule has 0 aliphatic rings. The van der Waals surface area contributed by atoms with Crippen molar-refractivity contribution in [3.8, 4) is 5.69 Å². The van der Waals surface area contributed by atoms with Crippen molar-refractivity contribution >= 4 is 0 Å². The molecule has 2 nitrogen and oxygen atoms in total. The Morgan fingerprint density at radius 3 is 1.94 bits per heavy atom. The van der Waals surface area contributed by atoms with Gasteiger partial charge in [0.25, 0.3) is 0 Å². The van der Waals surface area contributed by atoms with Crippen molar-refractivity contribution in [2.45, 2.75) is 34.6 Å². The lowest BCUT2D eigenvalue weighted by Gasteiger charge is -2.03. The summed E-state index contributed by atoms with van der Waals surface area (Å²) >= 11 is 0. The quantitative estimate of drug-likeness (QED) is 0.730. The lowest BCUT2D eigenvalue weighted by atomic mass is 10.2. The van der Waals surface area contributed by atoms with Gasteiger partial charge < -0.3 is 0 Å². The summed E-state index contributed by atoms with van der Waals surface area (Å²) in [4.78, 5) is 0. The minimum atomic E-state index is -0.225. The van der Waals surface area contributed by atoms with E-state index in [1.807, 2.05) is 39.3 Å². The lowest BCUT2D eigenvalue weighted by molar-refractivity contribution is 0.627. The van der Waals surface area contributed by atoms with Gasteiger partial charge in [0.15, 0.2) is 0 Å². The number of aromatic nitrogens is 2. The second kappa shape index (κ2) is 5.62. The zero-order valence-corrected chi connectivity index (χ0v) is 11.1. The molecule has 0 spiro atoms. The summed E-state index contributed by atoms with van der Waals surface area (Å²) in [5, 5.41) is 4.40. The second-order valence-electron chi connectivity index (χ2n) is 3.68. The Morgan fingerprint density at radius 1 is 1.00 bits per heavy atom. The molecule has 0 saturated heterocycles. The van der Waals surface area contributed by atoms with Crippen LogP contribution in [-0.4, -0.2) is 9.78 Å². The summed E-state index contributed by atoms with van der Waals surface area (Å²) < 4.78 is 14.6. The molecule has 2 rings (SSSR count). The molecule has 92 valence electrons. The van der Waals surface area contributed by atoms with Crippen molar-refractivity contribution in [1.29, 1.82) is 0 Å². The number of hydrogen-bond acceptors (Lipinski definition) is 1. The average Bonchev–Trinajstić information content (AvgIpc) is 2.61. The third-order valence-electron chi connectivity index (χ3n) is 2.72. The van der Waals surface area contributed by atoms with E-state index < -0.39 is 0 Å². The second-order valence-corrected chi connectivity index (χ2v) is 3.68. The van der Waals surface area contributed by atoms with Crippen LogP contribution in [0.3, 0.4) is 0 Å². The SMILES string of the molecule is CC.Cc1nn(-c2ccc(F)cc2)c(C)c1C. The predicted octanol–water partition coefficient (Wildman–Crippen LogP) is 3.96. The Kier molecular flexibility index (Phi) is 4.44. The van der Waals surface area contributed by atoms with Crippen LogP contribution < -0.4 is 0 Å². The molecular formula is C14H19FN2. The van der Waals surface area contributed by atoms with E-state index in [2.05, 4.69) is 5.10 Å². The van der Waals surface area contributed by atoms with Gasteiger partial charge in [0.2, 0.25) is 0 Å². The standard InChI is InChI=1S/C12H13FN2.C2H6/c1-8-9(2)14-15(10(8)3)12-6-4-11(13)5-7-12;1-2/h4-7H,1-3H3;1-2H3. The molecule has 17 heavy (non-hydrogen) atoms. The molecule has 0 bridgehead atoms. The number of halogens is 1. The van der Waals surface area contributed by atoms with Crippen molar-refractivity contribution in [3.05, 3.63) is 47.0 Å². The Balaban J connectivity index is 0.000000686. The number of nitrogens with zero attached hydrogens (tertiary/aromatic N) is 2. The molecule has 1 aromatic carbocycles. The van der Waals surface area contributed by atoms with Crippen LogP contribution in [-0.2, 0) is 0 Å². The monoisotopic (exact) mass is 234 g/mol. The van der Waals surface area contributed by atoms with Gasteiger partial charge in [0, 0.05) is 5.69 Å². The predicted molar refractivity (Wildman–Crippen MR) is 69.1 cm³/mol. The Labute approximate surface area is 102 Å². The molecule has 0 aliphatic carbocycles. The highest BCUT2D eigenvalue weighted by Gasteiger charge is 2.08. The highest BCUT2D eigenvalue weighted by molar-refractivity contribution is 5.36. The molecule has 0 radical (unpaired) electrons. The summed E-state index contributed by atoms with van der Waals surface area (Å²) in [6.07, 6.45) is 0. The van der Waals surface area contributed by atoms with E-state index in [9.17, 15) is 4.39 Å². The minimum Gasteiger partial charge on any atom is -0.238 e. The summed E-state index contributed by atoms with van der Waals surface area (Å²) in [6, 6.07) is 6.35.